The third kappa shape index (κ3) is 6.03. The second-order valence-corrected chi connectivity index (χ2v) is 10.0. The predicted octanol–water partition coefficient (Wildman–Crippen LogP) is 4.35. The van der Waals surface area contributed by atoms with Crippen LogP contribution in [-0.4, -0.2) is 36.7 Å². The summed E-state index contributed by atoms with van der Waals surface area (Å²) in [6, 6.07) is 12.4. The van der Waals surface area contributed by atoms with E-state index in [-0.39, 0.29) is 23.9 Å². The molecule has 0 fully saturated rings. The van der Waals surface area contributed by atoms with Crippen molar-refractivity contribution in [2.75, 3.05) is 17.1 Å². The van der Waals surface area contributed by atoms with Crippen LogP contribution in [-0.2, 0) is 21.4 Å². The van der Waals surface area contributed by atoms with Crippen molar-refractivity contribution in [2.24, 2.45) is 0 Å². The van der Waals surface area contributed by atoms with Crippen molar-refractivity contribution < 1.29 is 13.2 Å². The van der Waals surface area contributed by atoms with E-state index in [0.717, 1.165) is 23.3 Å². The molecule has 170 valence electrons. The van der Waals surface area contributed by atoms with Gasteiger partial charge >= 0.3 is 0 Å². The highest BCUT2D eigenvalue weighted by Gasteiger charge is 2.20. The molecule has 0 bridgehead atoms. The van der Waals surface area contributed by atoms with Crippen LogP contribution in [0.4, 0.5) is 5.69 Å². The zero-order valence-electron chi connectivity index (χ0n) is 17.8. The van der Waals surface area contributed by atoms with Crippen LogP contribution < -0.4 is 9.62 Å². The first-order chi connectivity index (χ1) is 15.2. The highest BCUT2D eigenvalue weighted by Crippen LogP contribution is 2.30. The van der Waals surface area contributed by atoms with E-state index in [0.29, 0.717) is 23.7 Å². The van der Waals surface area contributed by atoms with E-state index >= 15 is 0 Å². The zero-order valence-corrected chi connectivity index (χ0v) is 20.1. The number of aryl methyl sites for hydroxylation is 1. The van der Waals surface area contributed by atoms with Gasteiger partial charge in [0.1, 0.15) is 5.82 Å². The van der Waals surface area contributed by atoms with Crippen molar-refractivity contribution in [3.8, 4) is 5.69 Å². The maximum atomic E-state index is 12.4. The van der Waals surface area contributed by atoms with Gasteiger partial charge in [0.05, 0.1) is 22.7 Å². The van der Waals surface area contributed by atoms with Gasteiger partial charge in [0.2, 0.25) is 15.9 Å². The van der Waals surface area contributed by atoms with Gasteiger partial charge < -0.3 is 9.88 Å². The van der Waals surface area contributed by atoms with Gasteiger partial charge in [-0.15, -0.1) is 0 Å². The molecule has 0 aliphatic carbocycles. The number of sulfonamides is 1. The number of carbonyl (C=O) groups excluding carboxylic acids is 1. The van der Waals surface area contributed by atoms with E-state index in [4.69, 9.17) is 23.2 Å². The van der Waals surface area contributed by atoms with Gasteiger partial charge in [-0.05, 0) is 43.2 Å². The standard InChI is InChI=1S/C22H24Cl2N4O3S/c1-16-25-11-13-27(16)20-7-4-3-6-17(20)15-26-22(29)8-5-12-28(32(2,30)31)21-14-18(23)9-10-19(21)24/h3-4,6-7,9-11,13-14H,5,8,12,15H2,1-2H3,(H,26,29). The molecule has 0 spiro atoms. The summed E-state index contributed by atoms with van der Waals surface area (Å²) < 4.78 is 27.7. The molecule has 0 atom stereocenters. The maximum absolute atomic E-state index is 12.4. The molecule has 0 unspecified atom stereocenters. The second kappa shape index (κ2) is 10.4. The molecule has 0 aliphatic rings. The lowest BCUT2D eigenvalue weighted by Crippen LogP contribution is -2.32. The fourth-order valence-electron chi connectivity index (χ4n) is 3.34. The molecule has 7 nitrogen and oxygen atoms in total. The van der Waals surface area contributed by atoms with Crippen LogP contribution in [0.1, 0.15) is 24.2 Å². The monoisotopic (exact) mass is 494 g/mol. The molecule has 2 aromatic carbocycles. The Kier molecular flexibility index (Phi) is 7.82. The summed E-state index contributed by atoms with van der Waals surface area (Å²) in [6.45, 7) is 2.37. The van der Waals surface area contributed by atoms with E-state index in [1.54, 1.807) is 18.3 Å². The number of carbonyl (C=O) groups is 1. The van der Waals surface area contributed by atoms with Gasteiger partial charge in [0.15, 0.2) is 0 Å². The smallest absolute Gasteiger partial charge is 0.232 e. The van der Waals surface area contributed by atoms with Crippen LogP contribution in [0, 0.1) is 6.92 Å². The van der Waals surface area contributed by atoms with Gasteiger partial charge in [0.25, 0.3) is 0 Å². The number of halogens is 2. The molecular weight excluding hydrogens is 471 g/mol. The van der Waals surface area contributed by atoms with Crippen molar-refractivity contribution in [2.45, 2.75) is 26.3 Å². The van der Waals surface area contributed by atoms with Gasteiger partial charge in [-0.2, -0.15) is 0 Å². The minimum Gasteiger partial charge on any atom is -0.352 e. The maximum Gasteiger partial charge on any atom is 0.232 e. The van der Waals surface area contributed by atoms with Crippen molar-refractivity contribution >= 4 is 44.8 Å². The number of nitrogens with one attached hydrogen (secondary N) is 1. The number of imidazole rings is 1. The van der Waals surface area contributed by atoms with Crippen LogP contribution >= 0.6 is 23.2 Å². The van der Waals surface area contributed by atoms with Crippen molar-refractivity contribution in [3.05, 3.63) is 76.3 Å². The summed E-state index contributed by atoms with van der Waals surface area (Å²) in [5.74, 6) is 0.678. The fraction of sp³-hybridized carbons (Fsp3) is 0.273. The largest absolute Gasteiger partial charge is 0.352 e. The Bertz CT molecular complexity index is 1210. The summed E-state index contributed by atoms with van der Waals surface area (Å²) in [7, 11) is -3.60. The number of rotatable bonds is 9. The highest BCUT2D eigenvalue weighted by atomic mass is 35.5. The minimum absolute atomic E-state index is 0.108. The normalized spacial score (nSPS) is 11.4. The Morgan fingerprint density at radius 2 is 1.94 bits per heavy atom. The molecule has 1 N–H and O–H groups in total. The van der Waals surface area contributed by atoms with E-state index in [2.05, 4.69) is 10.3 Å². The number of nitrogens with zero attached hydrogens (tertiary/aromatic N) is 3. The summed E-state index contributed by atoms with van der Waals surface area (Å²) in [4.78, 5) is 16.7. The number of aromatic nitrogens is 2. The Balaban J connectivity index is 1.61. The Hall–Kier alpha value is -2.55. The van der Waals surface area contributed by atoms with Crippen molar-refractivity contribution in [3.63, 3.8) is 0 Å². The first kappa shape index (κ1) is 24.1. The number of para-hydroxylation sites is 1. The molecule has 1 heterocycles. The van der Waals surface area contributed by atoms with Crippen molar-refractivity contribution in [1.29, 1.82) is 0 Å². The third-order valence-electron chi connectivity index (χ3n) is 4.90. The van der Waals surface area contributed by atoms with Gasteiger partial charge in [-0.25, -0.2) is 13.4 Å². The summed E-state index contributed by atoms with van der Waals surface area (Å²) in [5.41, 5.74) is 2.19. The average molecular weight is 495 g/mol. The van der Waals surface area contributed by atoms with Crippen LogP contribution in [0.25, 0.3) is 5.69 Å². The first-order valence-corrected chi connectivity index (χ1v) is 12.5. The summed E-state index contributed by atoms with van der Waals surface area (Å²) >= 11 is 12.2. The molecule has 0 radical (unpaired) electrons. The zero-order chi connectivity index (χ0) is 23.3. The van der Waals surface area contributed by atoms with Gasteiger partial charge in [0, 0.05) is 36.9 Å². The molecular formula is C22H24Cl2N4O3S. The minimum atomic E-state index is -3.60. The van der Waals surface area contributed by atoms with Gasteiger partial charge in [-0.1, -0.05) is 41.4 Å². The number of amides is 1. The molecule has 3 rings (SSSR count). The van der Waals surface area contributed by atoms with Crippen molar-refractivity contribution in [1.82, 2.24) is 14.9 Å². The number of hydrogen-bond donors (Lipinski definition) is 1. The third-order valence-corrected chi connectivity index (χ3v) is 6.63. The SMILES string of the molecule is Cc1nccn1-c1ccccc1CNC(=O)CCCN(c1cc(Cl)ccc1Cl)S(C)(=O)=O. The van der Waals surface area contributed by atoms with Crippen LogP contribution in [0.15, 0.2) is 54.9 Å². The van der Waals surface area contributed by atoms with Crippen LogP contribution in [0.5, 0.6) is 0 Å². The summed E-state index contributed by atoms with van der Waals surface area (Å²) in [6.07, 6.45) is 5.18. The van der Waals surface area contributed by atoms with Crippen LogP contribution in [0.3, 0.4) is 0 Å². The Labute approximate surface area is 198 Å². The quantitative estimate of drug-likeness (QED) is 0.479. The molecule has 0 aliphatic heterocycles. The van der Waals surface area contributed by atoms with Gasteiger partial charge in [-0.3, -0.25) is 9.10 Å². The lowest BCUT2D eigenvalue weighted by molar-refractivity contribution is -0.121. The van der Waals surface area contributed by atoms with E-state index in [1.807, 2.05) is 42.0 Å². The molecule has 32 heavy (non-hydrogen) atoms. The molecule has 0 saturated carbocycles. The number of hydrogen-bond acceptors (Lipinski definition) is 4. The summed E-state index contributed by atoms with van der Waals surface area (Å²) in [5, 5.41) is 3.56. The Morgan fingerprint density at radius 3 is 2.62 bits per heavy atom. The Morgan fingerprint density at radius 1 is 1.19 bits per heavy atom. The van der Waals surface area contributed by atoms with E-state index in [1.165, 1.54) is 10.4 Å². The molecule has 1 amide bonds. The average Bonchev–Trinajstić information content (AvgIpc) is 3.16. The highest BCUT2D eigenvalue weighted by molar-refractivity contribution is 7.92. The van der Waals surface area contributed by atoms with Crippen LogP contribution in [0.2, 0.25) is 10.0 Å². The first-order valence-electron chi connectivity index (χ1n) is 9.94. The number of anilines is 1. The fourth-order valence-corrected chi connectivity index (χ4v) is 4.74. The lowest BCUT2D eigenvalue weighted by Gasteiger charge is -2.23. The number of benzene rings is 2. The molecule has 3 aromatic rings. The molecule has 10 heteroatoms. The predicted molar refractivity (Wildman–Crippen MR) is 128 cm³/mol. The van der Waals surface area contributed by atoms with E-state index in [9.17, 15) is 13.2 Å². The molecule has 1 aromatic heterocycles. The second-order valence-electron chi connectivity index (χ2n) is 7.28. The lowest BCUT2D eigenvalue weighted by atomic mass is 10.1. The topological polar surface area (TPSA) is 84.3 Å². The molecule has 0 saturated heterocycles. The van der Waals surface area contributed by atoms with E-state index < -0.39 is 10.0 Å².